The number of piperazine rings is 1. The molecule has 93 heavy (non-hydrogen) atoms. The van der Waals surface area contributed by atoms with Gasteiger partial charge in [0.2, 0.25) is 5.91 Å². The number of nitrogens with one attached hydrogen (secondary N) is 1. The van der Waals surface area contributed by atoms with Crippen molar-refractivity contribution >= 4 is 16.8 Å². The second-order valence-electron chi connectivity index (χ2n) is 33.2. The number of likely N-dealkylation sites (N-methyl/N-ethyl adjacent to an activating group) is 1. The standard InChI is InChI=1S/C12H17N.C11H13N.C11H15N.C10H18N2O.C10H20N2.C10H19NO.C8H15NO.C8H15N/c1-10(2)13-8-7-11-5-3-4-6-12(11)9-13;1-8(2)9-3-4-11-10(7-9)5-6-12-11;1-9(2)12-7-10-5-3-4-6-11(10)8-12;1-8(2)11-4-10(5-11)6-12(7-10)9(3)13;1-8(2)12-6-9-4-5-10(7-12)11(9)3;1-9(2)11-5-3-10(4-6-11)7-12-8-10;1-7(2)9-3-8(4-9)5-10-6-8;1-6(2)9-4-7-3-8(7)5-9/h3-6,10H,7-9H2,1-2H3;3-8,12H,1-2H3;3-6,9H,7-8H2,1-2H3;8H,4-7H2,1-3H3;8-10H,4-7H2,1-3H3;9H,3-8H2,1-2H3;7H,3-6H2,1-2H3;6-8H,3-5H2,1-2H3. The molecule has 12 heterocycles. The summed E-state index contributed by atoms with van der Waals surface area (Å²) in [6, 6.07) is 32.9. The average molecular weight is 1280 g/mol. The highest BCUT2D eigenvalue weighted by atomic mass is 16.5. The summed E-state index contributed by atoms with van der Waals surface area (Å²) in [4.78, 5) is 36.5. The summed E-state index contributed by atoms with van der Waals surface area (Å²) >= 11 is 0. The van der Waals surface area contributed by atoms with Gasteiger partial charge in [0, 0.05) is 181 Å². The number of amides is 1. The second-order valence-corrected chi connectivity index (χ2v) is 33.2. The number of hydrogen-bond donors (Lipinski definition) is 1. The van der Waals surface area contributed by atoms with Gasteiger partial charge in [0.05, 0.1) is 26.4 Å². The van der Waals surface area contributed by atoms with E-state index in [1.807, 2.05) is 11.1 Å². The van der Waals surface area contributed by atoms with E-state index in [1.165, 1.54) is 144 Å². The summed E-state index contributed by atoms with van der Waals surface area (Å²) in [5.74, 6) is 3.05. The van der Waals surface area contributed by atoms with Gasteiger partial charge in [-0.3, -0.25) is 34.2 Å². The molecule has 12 aliphatic rings. The Hall–Kier alpha value is -3.73. The Morgan fingerprint density at radius 2 is 0.914 bits per heavy atom. The van der Waals surface area contributed by atoms with Crippen LogP contribution in [0.2, 0.25) is 0 Å². The molecule has 3 spiro atoms. The number of aromatic nitrogens is 1. The number of aromatic amines is 1. The normalized spacial score (nSPS) is 25.7. The number of rotatable bonds is 8. The summed E-state index contributed by atoms with van der Waals surface area (Å²) in [7, 11) is 2.29. The van der Waals surface area contributed by atoms with E-state index in [1.54, 1.807) is 12.5 Å². The lowest BCUT2D eigenvalue weighted by molar-refractivity contribution is -0.195. The van der Waals surface area contributed by atoms with Crippen LogP contribution in [0.5, 0.6) is 0 Å². The van der Waals surface area contributed by atoms with Crippen molar-refractivity contribution in [3.63, 3.8) is 0 Å². The lowest BCUT2D eigenvalue weighted by atomic mass is 9.72. The van der Waals surface area contributed by atoms with Crippen LogP contribution in [0, 0.1) is 28.1 Å². The van der Waals surface area contributed by atoms with Gasteiger partial charge in [-0.15, -0.1) is 0 Å². The van der Waals surface area contributed by atoms with Crippen LogP contribution in [0.15, 0.2) is 79.0 Å². The Morgan fingerprint density at radius 1 is 0.473 bits per heavy atom. The molecule has 11 aliphatic heterocycles. The summed E-state index contributed by atoms with van der Waals surface area (Å²) in [6.45, 7) is 61.4. The highest BCUT2D eigenvalue weighted by Gasteiger charge is 2.53. The first kappa shape index (κ1) is 73.5. The zero-order valence-electron chi connectivity index (χ0n) is 62.1. The van der Waals surface area contributed by atoms with Gasteiger partial charge >= 0.3 is 0 Å². The molecule has 16 rings (SSSR count). The molecule has 0 radical (unpaired) electrons. The maximum atomic E-state index is 11.0. The van der Waals surface area contributed by atoms with Crippen molar-refractivity contribution in [3.05, 3.63) is 107 Å². The van der Waals surface area contributed by atoms with Crippen LogP contribution in [-0.4, -0.2) is 228 Å². The molecule has 4 unspecified atom stereocenters. The van der Waals surface area contributed by atoms with Crippen LogP contribution in [0.3, 0.4) is 0 Å². The smallest absolute Gasteiger partial charge is 0.219 e. The molecule has 1 saturated carbocycles. The minimum atomic E-state index is 0.230. The Kier molecular flexibility index (Phi) is 25.9. The molecule has 9 saturated heterocycles. The summed E-state index contributed by atoms with van der Waals surface area (Å²) < 4.78 is 10.5. The lowest BCUT2D eigenvalue weighted by Gasteiger charge is -2.61. The Bertz CT molecular complexity index is 2840. The highest BCUT2D eigenvalue weighted by Crippen LogP contribution is 2.46. The van der Waals surface area contributed by atoms with E-state index >= 15 is 0 Å². The number of likely N-dealkylation sites (tertiary alicyclic amines) is 6. The number of hydrogen-bond acceptors (Lipinski definition) is 11. The monoisotopic (exact) mass is 1280 g/mol. The van der Waals surface area contributed by atoms with E-state index in [0.717, 1.165) is 107 Å². The Labute approximate surface area is 567 Å². The molecule has 520 valence electrons. The number of carbonyl (C=O) groups excluding carboxylic acids is 1. The fourth-order valence-corrected chi connectivity index (χ4v) is 15.9. The molecular formula is C80H132N10O3. The van der Waals surface area contributed by atoms with Gasteiger partial charge in [-0.1, -0.05) is 68.4 Å². The van der Waals surface area contributed by atoms with Crippen molar-refractivity contribution in [1.29, 1.82) is 0 Å². The number of fused-ring (bicyclic) bond motifs is 6. The summed E-state index contributed by atoms with van der Waals surface area (Å²) in [5, 5.41) is 1.31. The van der Waals surface area contributed by atoms with Crippen molar-refractivity contribution in [2.75, 3.05) is 119 Å². The molecule has 1 aliphatic carbocycles. The van der Waals surface area contributed by atoms with Crippen LogP contribution in [-0.2, 0) is 40.3 Å². The fourth-order valence-electron chi connectivity index (χ4n) is 15.9. The number of ether oxygens (including phenoxy) is 2. The van der Waals surface area contributed by atoms with Gasteiger partial charge in [0.1, 0.15) is 0 Å². The van der Waals surface area contributed by atoms with Crippen molar-refractivity contribution < 1.29 is 14.3 Å². The molecule has 1 amide bonds. The third-order valence-corrected chi connectivity index (χ3v) is 23.4. The largest absolute Gasteiger partial charge is 0.380 e. The van der Waals surface area contributed by atoms with E-state index in [4.69, 9.17) is 9.47 Å². The summed E-state index contributed by atoms with van der Waals surface area (Å²) in [5.41, 5.74) is 10.4. The number of H-pyrrole nitrogens is 1. The Morgan fingerprint density at radius 3 is 1.34 bits per heavy atom. The minimum absolute atomic E-state index is 0.230. The predicted octanol–water partition coefficient (Wildman–Crippen LogP) is 13.5. The maximum Gasteiger partial charge on any atom is 0.219 e. The topological polar surface area (TPSA) is 80.5 Å². The van der Waals surface area contributed by atoms with Gasteiger partial charge < -0.3 is 29.2 Å². The molecule has 1 N–H and O–H groups in total. The SMILES string of the molecule is CC(=O)N1CC2(C1)CN(C(C)C)C2.CC(C)N1CC2(COC2)C1.CC(C)N1CC2CC2C1.CC(C)N1CC2CCC(C1)N2C.CC(C)N1CCC2(CC1)COC2.CC(C)N1CCc2ccccc2C1.CC(C)N1Cc2ccccc2C1.CC(C)c1ccc2[nH]ccc2c1. The van der Waals surface area contributed by atoms with Crippen molar-refractivity contribution in [3.8, 4) is 0 Å². The molecule has 1 aromatic heterocycles. The van der Waals surface area contributed by atoms with Gasteiger partial charge in [-0.25, -0.2) is 0 Å². The highest BCUT2D eigenvalue weighted by molar-refractivity contribution is 5.80. The minimum Gasteiger partial charge on any atom is -0.380 e. The number of piperidine rings is 2. The van der Waals surface area contributed by atoms with Crippen LogP contribution in [0.4, 0.5) is 0 Å². The number of benzene rings is 3. The first-order valence-electron chi connectivity index (χ1n) is 37.2. The Balaban J connectivity index is 0.000000126. The molecule has 13 nitrogen and oxygen atoms in total. The molecule has 4 aromatic rings. The zero-order valence-corrected chi connectivity index (χ0v) is 62.1. The van der Waals surface area contributed by atoms with Gasteiger partial charge in [-0.2, -0.15) is 0 Å². The van der Waals surface area contributed by atoms with Crippen LogP contribution < -0.4 is 0 Å². The third kappa shape index (κ3) is 19.6. The molecule has 2 bridgehead atoms. The lowest BCUT2D eigenvalue weighted by Crippen LogP contribution is -2.73. The van der Waals surface area contributed by atoms with E-state index in [-0.39, 0.29) is 5.91 Å². The van der Waals surface area contributed by atoms with Crippen LogP contribution in [0.25, 0.3) is 10.9 Å². The van der Waals surface area contributed by atoms with E-state index in [9.17, 15) is 4.79 Å². The third-order valence-electron chi connectivity index (χ3n) is 23.4. The quantitative estimate of drug-likeness (QED) is 0.183. The van der Waals surface area contributed by atoms with E-state index in [0.29, 0.717) is 40.3 Å². The summed E-state index contributed by atoms with van der Waals surface area (Å²) in [6.07, 6.45) is 10.3. The van der Waals surface area contributed by atoms with Gasteiger partial charge in [0.15, 0.2) is 0 Å². The van der Waals surface area contributed by atoms with Gasteiger partial charge in [0.25, 0.3) is 0 Å². The average Bonchev–Trinajstić information content (AvgIpc) is 1.61. The number of carbonyl (C=O) groups is 1. The first-order valence-corrected chi connectivity index (χ1v) is 37.2. The molecule has 4 atom stereocenters. The predicted molar refractivity (Wildman–Crippen MR) is 389 cm³/mol. The molecule has 3 aromatic carbocycles. The molecule has 10 fully saturated rings. The van der Waals surface area contributed by atoms with Crippen molar-refractivity contribution in [1.82, 2.24) is 49.1 Å². The first-order chi connectivity index (χ1) is 44.2. The van der Waals surface area contributed by atoms with E-state index in [2.05, 4.69) is 235 Å². The molecular weight excluding hydrogens is 1150 g/mol. The van der Waals surface area contributed by atoms with Crippen LogP contribution in [0.1, 0.15) is 184 Å². The zero-order chi connectivity index (χ0) is 66.9. The van der Waals surface area contributed by atoms with Crippen molar-refractivity contribution in [2.24, 2.45) is 28.1 Å². The maximum absolute atomic E-state index is 11.0. The van der Waals surface area contributed by atoms with E-state index < -0.39 is 0 Å². The fraction of sp³-hybridized carbons (Fsp3) is 0.738. The number of nitrogens with zero attached hydrogens (tertiary/aromatic N) is 9. The van der Waals surface area contributed by atoms with Crippen molar-refractivity contribution in [2.45, 2.75) is 236 Å². The second kappa shape index (κ2) is 32.8. The molecule has 13 heteroatoms. The van der Waals surface area contributed by atoms with Crippen LogP contribution >= 0.6 is 0 Å². The van der Waals surface area contributed by atoms with Gasteiger partial charge in [-0.05, 0) is 225 Å².